The van der Waals surface area contributed by atoms with Crippen molar-refractivity contribution in [2.45, 2.75) is 31.4 Å². The van der Waals surface area contributed by atoms with E-state index in [0.717, 1.165) is 39.2 Å². The molecule has 2 unspecified atom stereocenters. The molecule has 3 N–H and O–H groups in total. The van der Waals surface area contributed by atoms with Gasteiger partial charge in [0, 0.05) is 19.1 Å². The number of fused-ring (bicyclic) bond motifs is 1. The van der Waals surface area contributed by atoms with Crippen molar-refractivity contribution in [3.63, 3.8) is 0 Å². The summed E-state index contributed by atoms with van der Waals surface area (Å²) in [6, 6.07) is 0.713. The van der Waals surface area contributed by atoms with Crippen molar-refractivity contribution >= 4 is 0 Å². The van der Waals surface area contributed by atoms with Crippen molar-refractivity contribution in [3.8, 4) is 0 Å². The Bertz CT molecular complexity index is 189. The summed E-state index contributed by atoms with van der Waals surface area (Å²) in [5, 5.41) is 3.40. The Hall–Kier alpha value is -0.160. The van der Waals surface area contributed by atoms with Gasteiger partial charge in [0.05, 0.1) is 12.7 Å². The smallest absolute Gasteiger partial charge is 0.0826 e. The van der Waals surface area contributed by atoms with Gasteiger partial charge in [-0.2, -0.15) is 0 Å². The zero-order valence-electron chi connectivity index (χ0n) is 9.45. The lowest BCUT2D eigenvalue weighted by atomic mass is 10.2. The van der Waals surface area contributed by atoms with Gasteiger partial charge in [0.2, 0.25) is 0 Å². The van der Waals surface area contributed by atoms with E-state index in [9.17, 15) is 0 Å². The lowest BCUT2D eigenvalue weighted by Crippen LogP contribution is -2.49. The van der Waals surface area contributed by atoms with Gasteiger partial charge in [-0.05, 0) is 38.9 Å². The Morgan fingerprint density at radius 2 is 2.40 bits per heavy atom. The fraction of sp³-hybridized carbons (Fsp3) is 1.00. The molecule has 0 aromatic rings. The van der Waals surface area contributed by atoms with E-state index in [-0.39, 0.29) is 0 Å². The Kier molecular flexibility index (Phi) is 4.38. The molecule has 88 valence electrons. The van der Waals surface area contributed by atoms with Gasteiger partial charge in [0.1, 0.15) is 0 Å². The van der Waals surface area contributed by atoms with Crippen molar-refractivity contribution < 1.29 is 4.74 Å². The first-order chi connectivity index (χ1) is 7.40. The molecule has 2 aliphatic heterocycles. The lowest BCUT2D eigenvalue weighted by molar-refractivity contribution is -0.0468. The molecule has 4 nitrogen and oxygen atoms in total. The summed E-state index contributed by atoms with van der Waals surface area (Å²) in [6.45, 7) is 6.08. The van der Waals surface area contributed by atoms with Crippen LogP contribution >= 0.6 is 0 Å². The SMILES string of the molecule is NCCCNCC1CN2CCCC2CO1. The van der Waals surface area contributed by atoms with Crippen LogP contribution in [-0.4, -0.2) is 56.4 Å². The maximum atomic E-state index is 5.84. The average molecular weight is 213 g/mol. The number of hydrogen-bond acceptors (Lipinski definition) is 4. The number of hydrogen-bond donors (Lipinski definition) is 2. The van der Waals surface area contributed by atoms with Gasteiger partial charge in [-0.1, -0.05) is 0 Å². The maximum absolute atomic E-state index is 5.84. The van der Waals surface area contributed by atoms with Crippen LogP contribution in [0.25, 0.3) is 0 Å². The van der Waals surface area contributed by atoms with Crippen LogP contribution in [0.5, 0.6) is 0 Å². The normalized spacial score (nSPS) is 31.8. The average Bonchev–Trinajstić information content (AvgIpc) is 2.71. The van der Waals surface area contributed by atoms with Crippen LogP contribution in [0, 0.1) is 0 Å². The second-order valence-corrected chi connectivity index (χ2v) is 4.59. The van der Waals surface area contributed by atoms with Crippen molar-refractivity contribution in [2.24, 2.45) is 5.73 Å². The molecule has 0 aromatic carbocycles. The molecule has 0 spiro atoms. The zero-order chi connectivity index (χ0) is 10.5. The molecule has 0 saturated carbocycles. The van der Waals surface area contributed by atoms with E-state index in [0.29, 0.717) is 12.1 Å². The molecule has 0 aromatic heterocycles. The molecule has 4 heteroatoms. The molecule has 0 bridgehead atoms. The van der Waals surface area contributed by atoms with Crippen molar-refractivity contribution in [1.29, 1.82) is 0 Å². The second-order valence-electron chi connectivity index (χ2n) is 4.59. The highest BCUT2D eigenvalue weighted by Crippen LogP contribution is 2.22. The fourth-order valence-electron chi connectivity index (χ4n) is 2.50. The van der Waals surface area contributed by atoms with Crippen LogP contribution in [0.4, 0.5) is 0 Å². The summed E-state index contributed by atoms with van der Waals surface area (Å²) in [5.41, 5.74) is 5.44. The van der Waals surface area contributed by atoms with E-state index in [1.54, 1.807) is 0 Å². The zero-order valence-corrected chi connectivity index (χ0v) is 9.45. The van der Waals surface area contributed by atoms with Crippen LogP contribution in [0.2, 0.25) is 0 Å². The number of rotatable bonds is 5. The van der Waals surface area contributed by atoms with Gasteiger partial charge in [-0.15, -0.1) is 0 Å². The number of ether oxygens (including phenoxy) is 1. The standard InChI is InChI=1S/C11H23N3O/c12-4-2-5-13-7-11-8-14-6-1-3-10(14)9-15-11/h10-11,13H,1-9,12H2. The number of nitrogens with two attached hydrogens (primary N) is 1. The highest BCUT2D eigenvalue weighted by Gasteiger charge is 2.31. The minimum Gasteiger partial charge on any atom is -0.374 e. The summed E-state index contributed by atoms with van der Waals surface area (Å²) in [4.78, 5) is 2.58. The van der Waals surface area contributed by atoms with Crippen LogP contribution < -0.4 is 11.1 Å². The summed E-state index contributed by atoms with van der Waals surface area (Å²) in [6.07, 6.45) is 4.12. The molecule has 15 heavy (non-hydrogen) atoms. The molecule has 0 radical (unpaired) electrons. The number of morpholine rings is 1. The lowest BCUT2D eigenvalue weighted by Gasteiger charge is -2.35. The van der Waals surface area contributed by atoms with E-state index < -0.39 is 0 Å². The molecule has 2 rings (SSSR count). The number of nitrogens with one attached hydrogen (secondary N) is 1. The molecule has 2 fully saturated rings. The maximum Gasteiger partial charge on any atom is 0.0826 e. The molecule has 0 aliphatic carbocycles. The van der Waals surface area contributed by atoms with E-state index in [4.69, 9.17) is 10.5 Å². The predicted molar refractivity (Wildman–Crippen MR) is 60.9 cm³/mol. The van der Waals surface area contributed by atoms with E-state index in [2.05, 4.69) is 10.2 Å². The third kappa shape index (κ3) is 3.14. The minimum atomic E-state index is 0.386. The van der Waals surface area contributed by atoms with Gasteiger partial charge in [-0.25, -0.2) is 0 Å². The summed E-state index contributed by atoms with van der Waals surface area (Å²) in [7, 11) is 0. The number of nitrogens with zero attached hydrogens (tertiary/aromatic N) is 1. The van der Waals surface area contributed by atoms with Gasteiger partial charge in [0.25, 0.3) is 0 Å². The Morgan fingerprint density at radius 3 is 3.27 bits per heavy atom. The van der Waals surface area contributed by atoms with Crippen LogP contribution in [-0.2, 0) is 4.74 Å². The van der Waals surface area contributed by atoms with Crippen molar-refractivity contribution in [2.75, 3.05) is 39.3 Å². The summed E-state index contributed by atoms with van der Waals surface area (Å²) < 4.78 is 5.84. The van der Waals surface area contributed by atoms with Crippen molar-refractivity contribution in [3.05, 3.63) is 0 Å². The third-order valence-electron chi connectivity index (χ3n) is 3.39. The van der Waals surface area contributed by atoms with Crippen LogP contribution in [0.3, 0.4) is 0 Å². The third-order valence-corrected chi connectivity index (χ3v) is 3.39. The Balaban J connectivity index is 1.62. The Morgan fingerprint density at radius 1 is 1.47 bits per heavy atom. The fourth-order valence-corrected chi connectivity index (χ4v) is 2.50. The van der Waals surface area contributed by atoms with E-state index >= 15 is 0 Å². The highest BCUT2D eigenvalue weighted by molar-refractivity contribution is 4.85. The molecule has 2 heterocycles. The molecule has 2 aliphatic rings. The summed E-state index contributed by atoms with van der Waals surface area (Å²) in [5.74, 6) is 0. The quantitative estimate of drug-likeness (QED) is 0.620. The Labute approximate surface area is 92.1 Å². The van der Waals surface area contributed by atoms with Gasteiger partial charge >= 0.3 is 0 Å². The van der Waals surface area contributed by atoms with Crippen LogP contribution in [0.1, 0.15) is 19.3 Å². The van der Waals surface area contributed by atoms with Gasteiger partial charge < -0.3 is 15.8 Å². The molecule has 0 amide bonds. The first kappa shape index (κ1) is 11.3. The van der Waals surface area contributed by atoms with Gasteiger partial charge in [-0.3, -0.25) is 4.90 Å². The first-order valence-corrected chi connectivity index (χ1v) is 6.16. The molecular weight excluding hydrogens is 190 g/mol. The topological polar surface area (TPSA) is 50.5 Å². The van der Waals surface area contributed by atoms with Gasteiger partial charge in [0.15, 0.2) is 0 Å². The minimum absolute atomic E-state index is 0.386. The van der Waals surface area contributed by atoms with Crippen molar-refractivity contribution in [1.82, 2.24) is 10.2 Å². The van der Waals surface area contributed by atoms with E-state index in [1.165, 1.54) is 19.4 Å². The summed E-state index contributed by atoms with van der Waals surface area (Å²) >= 11 is 0. The largest absolute Gasteiger partial charge is 0.374 e. The monoisotopic (exact) mass is 213 g/mol. The molecule has 2 saturated heterocycles. The molecule has 2 atom stereocenters. The highest BCUT2D eigenvalue weighted by atomic mass is 16.5. The first-order valence-electron chi connectivity index (χ1n) is 6.16. The second kappa shape index (κ2) is 5.80. The molecular formula is C11H23N3O. The van der Waals surface area contributed by atoms with Crippen LogP contribution in [0.15, 0.2) is 0 Å². The predicted octanol–water partition coefficient (Wildman–Crippen LogP) is -0.212. The van der Waals surface area contributed by atoms with E-state index in [1.807, 2.05) is 0 Å².